The molecule has 0 aromatic carbocycles. The summed E-state index contributed by atoms with van der Waals surface area (Å²) >= 11 is 3.30. The highest BCUT2D eigenvalue weighted by Crippen LogP contribution is 2.33. The van der Waals surface area contributed by atoms with Crippen molar-refractivity contribution >= 4 is 46.0 Å². The van der Waals surface area contributed by atoms with Crippen molar-refractivity contribution in [1.29, 1.82) is 0 Å². The Morgan fingerprint density at radius 2 is 2.35 bits per heavy atom. The average molecular weight is 412 g/mol. The van der Waals surface area contributed by atoms with Gasteiger partial charge in [0.2, 0.25) is 16.7 Å². The first-order valence-corrected chi connectivity index (χ1v) is 9.80. The van der Waals surface area contributed by atoms with Gasteiger partial charge in [0.05, 0.1) is 6.61 Å². The van der Waals surface area contributed by atoms with Crippen LogP contribution >= 0.6 is 35.2 Å². The first kappa shape index (κ1) is 17.4. The molecule has 1 atom stereocenters. The molecule has 3 aromatic rings. The fraction of sp³-hybridized carbons (Fsp3) is 0.308. The van der Waals surface area contributed by atoms with Gasteiger partial charge in [0, 0.05) is 18.1 Å². The summed E-state index contributed by atoms with van der Waals surface area (Å²) in [5.74, 6) is 0.198. The second kappa shape index (κ2) is 7.28. The molecule has 1 saturated heterocycles. The maximum Gasteiger partial charge on any atom is 0.304 e. The lowest BCUT2D eigenvalue weighted by Gasteiger charge is -2.06. The number of aromatic hydroxyl groups is 1. The van der Waals surface area contributed by atoms with E-state index in [9.17, 15) is 9.90 Å². The summed E-state index contributed by atoms with van der Waals surface area (Å²) in [6.45, 7) is 2.57. The van der Waals surface area contributed by atoms with Crippen LogP contribution in [-0.4, -0.2) is 30.4 Å². The molecule has 136 valence electrons. The van der Waals surface area contributed by atoms with E-state index in [1.54, 1.807) is 6.07 Å². The number of rotatable bonds is 5. The fourth-order valence-electron chi connectivity index (χ4n) is 2.31. The monoisotopic (exact) mass is 412 g/mol. The number of thiophene rings is 1. The summed E-state index contributed by atoms with van der Waals surface area (Å²) in [5, 5.41) is 21.0. The number of aromatic nitrogens is 4. The van der Waals surface area contributed by atoms with Crippen molar-refractivity contribution in [2.75, 3.05) is 6.61 Å². The lowest BCUT2D eigenvalue weighted by Crippen LogP contribution is -2.19. The first-order valence-electron chi connectivity index (χ1n) is 7.48. The summed E-state index contributed by atoms with van der Waals surface area (Å²) in [7, 11) is 0. The summed E-state index contributed by atoms with van der Waals surface area (Å²) in [4.78, 5) is 16.9. The van der Waals surface area contributed by atoms with E-state index in [1.165, 1.54) is 20.7 Å². The molecule has 26 heavy (non-hydrogen) atoms. The van der Waals surface area contributed by atoms with Crippen LogP contribution in [0.3, 0.4) is 0 Å². The quantitative estimate of drug-likeness (QED) is 0.504. The predicted octanol–water partition coefficient (Wildman–Crippen LogP) is 3.34. The van der Waals surface area contributed by atoms with Crippen molar-refractivity contribution in [2.24, 2.45) is 10.2 Å². The highest BCUT2D eigenvalue weighted by atomic mass is 32.2. The van der Waals surface area contributed by atoms with Gasteiger partial charge < -0.3 is 5.11 Å². The molecular weight excluding hydrogens is 400 g/mol. The summed E-state index contributed by atoms with van der Waals surface area (Å²) in [5.41, 5.74) is -0.600. The van der Waals surface area contributed by atoms with Crippen molar-refractivity contribution in [3.05, 3.63) is 33.7 Å². The molecule has 0 aliphatic carbocycles. The molecule has 0 saturated carbocycles. The van der Waals surface area contributed by atoms with Gasteiger partial charge in [-0.3, -0.25) is 13.2 Å². The highest BCUT2D eigenvalue weighted by Gasteiger charge is 2.25. The molecule has 0 spiro atoms. The molecule has 1 N–H and O–H groups in total. The van der Waals surface area contributed by atoms with Crippen molar-refractivity contribution in [3.8, 4) is 10.9 Å². The molecule has 10 nitrogen and oxygen atoms in total. The van der Waals surface area contributed by atoms with Gasteiger partial charge in [-0.15, -0.1) is 21.6 Å². The van der Waals surface area contributed by atoms with Crippen molar-refractivity contribution < 1.29 is 13.5 Å². The molecule has 1 aliphatic rings. The number of nitrogens with zero attached hydrogens (tertiary/aromatic N) is 6. The van der Waals surface area contributed by atoms with Gasteiger partial charge in [-0.1, -0.05) is 0 Å². The summed E-state index contributed by atoms with van der Waals surface area (Å²) in [6, 6.07) is 3.62. The standard InChI is InChI=1S/C13H12N6O4S3/c1-2-18-11(20)9(12(21)19(18)8-4-3-5-24-8)15-16-13-14-10(17-25-13)7-6-22-26-23-7/h3-5,7,20H,2,6H2,1H3. The first-order chi connectivity index (χ1) is 12.7. The zero-order valence-electron chi connectivity index (χ0n) is 13.3. The Bertz CT molecular complexity index is 986. The van der Waals surface area contributed by atoms with Gasteiger partial charge in [0.15, 0.2) is 24.3 Å². The van der Waals surface area contributed by atoms with Gasteiger partial charge in [0.1, 0.15) is 5.00 Å². The van der Waals surface area contributed by atoms with E-state index >= 15 is 0 Å². The van der Waals surface area contributed by atoms with Crippen LogP contribution < -0.4 is 5.56 Å². The van der Waals surface area contributed by atoms with E-state index in [1.807, 2.05) is 18.4 Å². The SMILES string of the molecule is CCn1c(O)c(N=Nc2nc(C3COSO3)ns2)c(=O)n1-c1cccs1. The molecule has 4 heterocycles. The Labute approximate surface area is 159 Å². The van der Waals surface area contributed by atoms with Crippen molar-refractivity contribution in [2.45, 2.75) is 19.6 Å². The van der Waals surface area contributed by atoms with Gasteiger partial charge >= 0.3 is 5.56 Å². The average Bonchev–Trinajstić information content (AvgIpc) is 3.42. The lowest BCUT2D eigenvalue weighted by atomic mass is 10.4. The van der Waals surface area contributed by atoms with Crippen LogP contribution in [0.2, 0.25) is 0 Å². The zero-order valence-corrected chi connectivity index (χ0v) is 15.8. The molecule has 0 radical (unpaired) electrons. The number of hydrogen-bond acceptors (Lipinski definition) is 11. The fourth-order valence-corrected chi connectivity index (χ4v) is 4.06. The van der Waals surface area contributed by atoms with Crippen molar-refractivity contribution in [3.63, 3.8) is 0 Å². The minimum absolute atomic E-state index is 0.145. The van der Waals surface area contributed by atoms with Crippen molar-refractivity contribution in [1.82, 2.24) is 18.7 Å². The van der Waals surface area contributed by atoms with Gasteiger partial charge in [-0.25, -0.2) is 9.36 Å². The third kappa shape index (κ3) is 3.07. The third-order valence-corrected chi connectivity index (χ3v) is 5.49. The summed E-state index contributed by atoms with van der Waals surface area (Å²) < 4.78 is 17.2. The Morgan fingerprint density at radius 1 is 1.46 bits per heavy atom. The zero-order chi connectivity index (χ0) is 18.1. The normalized spacial score (nSPS) is 17.5. The number of hydrogen-bond donors (Lipinski definition) is 1. The highest BCUT2D eigenvalue weighted by molar-refractivity contribution is 7.90. The maximum absolute atomic E-state index is 12.7. The molecule has 0 amide bonds. The maximum atomic E-state index is 12.7. The van der Waals surface area contributed by atoms with Crippen LogP contribution in [0.25, 0.3) is 5.00 Å². The lowest BCUT2D eigenvalue weighted by molar-refractivity contribution is 0.238. The Hall–Kier alpha value is -2.06. The largest absolute Gasteiger partial charge is 0.492 e. The van der Waals surface area contributed by atoms with Crippen LogP contribution in [0.4, 0.5) is 10.8 Å². The molecule has 1 aliphatic heterocycles. The van der Waals surface area contributed by atoms with E-state index in [4.69, 9.17) is 8.37 Å². The van der Waals surface area contributed by atoms with Crippen LogP contribution in [0.15, 0.2) is 32.5 Å². The molecule has 1 unspecified atom stereocenters. The molecular formula is C13H12N6O4S3. The minimum Gasteiger partial charge on any atom is -0.492 e. The molecule has 4 rings (SSSR count). The molecule has 13 heteroatoms. The Morgan fingerprint density at radius 3 is 3.04 bits per heavy atom. The number of azo groups is 1. The Kier molecular flexibility index (Phi) is 4.86. The van der Waals surface area contributed by atoms with Gasteiger partial charge in [-0.05, 0) is 24.4 Å². The van der Waals surface area contributed by atoms with Gasteiger partial charge in [-0.2, -0.15) is 9.36 Å². The predicted molar refractivity (Wildman–Crippen MR) is 96.7 cm³/mol. The van der Waals surface area contributed by atoms with Crippen LogP contribution in [0.5, 0.6) is 5.88 Å². The van der Waals surface area contributed by atoms with E-state index in [0.717, 1.165) is 23.9 Å². The minimum atomic E-state index is -0.454. The van der Waals surface area contributed by atoms with Crippen LogP contribution in [-0.2, 0) is 14.9 Å². The molecule has 1 fully saturated rings. The molecule has 0 bridgehead atoms. The summed E-state index contributed by atoms with van der Waals surface area (Å²) in [6.07, 6.45) is -0.356. The van der Waals surface area contributed by atoms with Crippen LogP contribution in [0, 0.1) is 0 Å². The van der Waals surface area contributed by atoms with E-state index in [0.29, 0.717) is 24.0 Å². The molecule has 3 aromatic heterocycles. The second-order valence-corrected chi connectivity index (χ2v) is 7.25. The second-order valence-electron chi connectivity index (χ2n) is 5.03. The Balaban J connectivity index is 1.66. The topological polar surface area (TPSA) is 116 Å². The van der Waals surface area contributed by atoms with E-state index in [-0.39, 0.29) is 22.8 Å². The smallest absolute Gasteiger partial charge is 0.304 e. The van der Waals surface area contributed by atoms with Gasteiger partial charge in [0.25, 0.3) is 0 Å². The van der Waals surface area contributed by atoms with E-state index < -0.39 is 5.56 Å². The van der Waals surface area contributed by atoms with E-state index in [2.05, 4.69) is 19.6 Å². The third-order valence-electron chi connectivity index (χ3n) is 3.48. The van der Waals surface area contributed by atoms with Crippen LogP contribution in [0.1, 0.15) is 18.9 Å².